The Hall–Kier alpha value is -0.900. The first-order chi connectivity index (χ1) is 10.9. The Morgan fingerprint density at radius 2 is 2.17 bits per heavy atom. The normalized spacial score (nSPS) is 20.5. The van der Waals surface area contributed by atoms with Crippen molar-refractivity contribution < 1.29 is 13.9 Å². The first-order valence-electron chi connectivity index (χ1n) is 7.43. The van der Waals surface area contributed by atoms with Crippen molar-refractivity contribution in [2.45, 2.75) is 13.5 Å². The standard InChI is InChI=1S/C16H21BrFN3O2.HI/c1-10-8-21(9-14(10)15(22)23-3)16(19-2)20-7-11-4-12(17)6-13(18)5-11;/h4-6,10,14H,7-9H2,1-3H3,(H,19,20);1H. The first-order valence-corrected chi connectivity index (χ1v) is 8.22. The molecule has 1 aromatic carbocycles. The lowest BCUT2D eigenvalue weighted by Gasteiger charge is -2.21. The number of hydrogen-bond acceptors (Lipinski definition) is 3. The van der Waals surface area contributed by atoms with E-state index in [-0.39, 0.29) is 47.6 Å². The lowest BCUT2D eigenvalue weighted by molar-refractivity contribution is -0.145. The van der Waals surface area contributed by atoms with Crippen molar-refractivity contribution in [3.8, 4) is 0 Å². The molecule has 1 fully saturated rings. The number of benzene rings is 1. The summed E-state index contributed by atoms with van der Waals surface area (Å²) >= 11 is 3.28. The largest absolute Gasteiger partial charge is 0.469 e. The summed E-state index contributed by atoms with van der Waals surface area (Å²) in [6, 6.07) is 4.75. The number of likely N-dealkylation sites (tertiary alicyclic amines) is 1. The third kappa shape index (κ3) is 5.30. The van der Waals surface area contributed by atoms with Crippen molar-refractivity contribution in [3.05, 3.63) is 34.1 Å². The molecule has 0 aliphatic carbocycles. The summed E-state index contributed by atoms with van der Waals surface area (Å²) in [5.74, 6) is 0.269. The smallest absolute Gasteiger partial charge is 0.310 e. The van der Waals surface area contributed by atoms with Crippen LogP contribution in [0.25, 0.3) is 0 Å². The zero-order valence-corrected chi connectivity index (χ0v) is 17.8. The van der Waals surface area contributed by atoms with Crippen LogP contribution in [0.3, 0.4) is 0 Å². The maximum atomic E-state index is 13.4. The molecule has 1 aliphatic heterocycles. The molecule has 1 aliphatic rings. The average molecular weight is 514 g/mol. The molecule has 0 saturated carbocycles. The highest BCUT2D eigenvalue weighted by molar-refractivity contribution is 14.0. The fourth-order valence-corrected chi connectivity index (χ4v) is 3.34. The summed E-state index contributed by atoms with van der Waals surface area (Å²) in [6.07, 6.45) is 0. The minimum Gasteiger partial charge on any atom is -0.469 e. The Labute approximate surface area is 167 Å². The van der Waals surface area contributed by atoms with Crippen LogP contribution in [0.2, 0.25) is 0 Å². The summed E-state index contributed by atoms with van der Waals surface area (Å²) in [7, 11) is 3.10. The fourth-order valence-electron chi connectivity index (χ4n) is 2.82. The number of carbonyl (C=O) groups excluding carboxylic acids is 1. The predicted octanol–water partition coefficient (Wildman–Crippen LogP) is 3.02. The number of nitrogens with zero attached hydrogens (tertiary/aromatic N) is 2. The molecule has 1 aromatic rings. The van der Waals surface area contributed by atoms with Crippen LogP contribution in [0.5, 0.6) is 0 Å². The van der Waals surface area contributed by atoms with E-state index < -0.39 is 0 Å². The van der Waals surface area contributed by atoms with Gasteiger partial charge in [-0.05, 0) is 29.7 Å². The van der Waals surface area contributed by atoms with E-state index in [9.17, 15) is 9.18 Å². The molecule has 2 unspecified atom stereocenters. The van der Waals surface area contributed by atoms with Crippen molar-refractivity contribution >= 4 is 51.8 Å². The molecule has 8 heteroatoms. The van der Waals surface area contributed by atoms with E-state index in [0.29, 0.717) is 23.5 Å². The topological polar surface area (TPSA) is 53.9 Å². The Morgan fingerprint density at radius 1 is 1.46 bits per heavy atom. The van der Waals surface area contributed by atoms with Crippen molar-refractivity contribution in [1.29, 1.82) is 0 Å². The van der Waals surface area contributed by atoms with Crippen LogP contribution in [0, 0.1) is 17.7 Å². The van der Waals surface area contributed by atoms with Gasteiger partial charge < -0.3 is 15.0 Å². The van der Waals surface area contributed by atoms with Crippen LogP contribution in [-0.4, -0.2) is 44.1 Å². The van der Waals surface area contributed by atoms with Crippen molar-refractivity contribution in [2.75, 3.05) is 27.2 Å². The molecule has 0 amide bonds. The maximum absolute atomic E-state index is 13.4. The number of hydrogen-bond donors (Lipinski definition) is 1. The SMILES string of the molecule is CN=C(NCc1cc(F)cc(Br)c1)N1CC(C)C(C(=O)OC)C1.I. The number of rotatable bonds is 3. The summed E-state index contributed by atoms with van der Waals surface area (Å²) in [6.45, 7) is 3.78. The van der Waals surface area contributed by atoms with Gasteiger partial charge in [-0.1, -0.05) is 22.9 Å². The van der Waals surface area contributed by atoms with E-state index in [1.807, 2.05) is 17.9 Å². The molecule has 134 valence electrons. The monoisotopic (exact) mass is 513 g/mol. The minimum atomic E-state index is -0.285. The summed E-state index contributed by atoms with van der Waals surface area (Å²) in [5.41, 5.74) is 0.815. The van der Waals surface area contributed by atoms with E-state index in [4.69, 9.17) is 4.74 Å². The number of nitrogens with one attached hydrogen (secondary N) is 1. The predicted molar refractivity (Wildman–Crippen MR) is 106 cm³/mol. The molecule has 1 saturated heterocycles. The van der Waals surface area contributed by atoms with Gasteiger partial charge >= 0.3 is 5.97 Å². The lowest BCUT2D eigenvalue weighted by atomic mass is 9.99. The number of guanidine groups is 1. The molecule has 0 spiro atoms. The first kappa shape index (κ1) is 21.1. The highest BCUT2D eigenvalue weighted by atomic mass is 127. The van der Waals surface area contributed by atoms with E-state index >= 15 is 0 Å². The minimum absolute atomic E-state index is 0. The van der Waals surface area contributed by atoms with Crippen LogP contribution in [-0.2, 0) is 16.1 Å². The van der Waals surface area contributed by atoms with Gasteiger partial charge in [0, 0.05) is 31.2 Å². The maximum Gasteiger partial charge on any atom is 0.310 e. The van der Waals surface area contributed by atoms with Gasteiger partial charge in [-0.25, -0.2) is 4.39 Å². The number of aliphatic imine (C=N–C) groups is 1. The number of methoxy groups -OCH3 is 1. The Bertz CT molecular complexity index is 595. The van der Waals surface area contributed by atoms with Crippen LogP contribution in [0.1, 0.15) is 12.5 Å². The molecule has 5 nitrogen and oxygen atoms in total. The van der Waals surface area contributed by atoms with Crippen LogP contribution < -0.4 is 5.32 Å². The third-order valence-corrected chi connectivity index (χ3v) is 4.46. The van der Waals surface area contributed by atoms with Gasteiger partial charge in [0.15, 0.2) is 5.96 Å². The van der Waals surface area contributed by atoms with E-state index in [0.717, 1.165) is 12.1 Å². The molecular formula is C16H22BrFIN3O2. The highest BCUT2D eigenvalue weighted by Crippen LogP contribution is 2.24. The lowest BCUT2D eigenvalue weighted by Crippen LogP contribution is -2.40. The number of esters is 1. The van der Waals surface area contributed by atoms with Gasteiger partial charge in [0.2, 0.25) is 0 Å². The zero-order valence-electron chi connectivity index (χ0n) is 13.9. The van der Waals surface area contributed by atoms with Crippen LogP contribution in [0.4, 0.5) is 4.39 Å². The van der Waals surface area contributed by atoms with Crippen molar-refractivity contribution in [2.24, 2.45) is 16.8 Å². The second kappa shape index (κ2) is 9.55. The number of halogens is 3. The summed E-state index contributed by atoms with van der Waals surface area (Å²) < 4.78 is 19.0. The molecule has 2 atom stereocenters. The fraction of sp³-hybridized carbons (Fsp3) is 0.500. The van der Waals surface area contributed by atoms with Gasteiger partial charge in [-0.15, -0.1) is 24.0 Å². The molecule has 0 bridgehead atoms. The number of ether oxygens (including phenoxy) is 1. The van der Waals surface area contributed by atoms with Crippen molar-refractivity contribution in [1.82, 2.24) is 10.2 Å². The van der Waals surface area contributed by atoms with Crippen LogP contribution in [0.15, 0.2) is 27.7 Å². The molecule has 2 rings (SSSR count). The van der Waals surface area contributed by atoms with Crippen molar-refractivity contribution in [3.63, 3.8) is 0 Å². The Balaban J connectivity index is 0.00000288. The molecule has 0 radical (unpaired) electrons. The molecule has 0 aromatic heterocycles. The van der Waals surface area contributed by atoms with E-state index in [1.165, 1.54) is 19.2 Å². The van der Waals surface area contributed by atoms with Gasteiger partial charge in [-0.2, -0.15) is 0 Å². The second-order valence-electron chi connectivity index (χ2n) is 5.69. The Kier molecular flexibility index (Phi) is 8.41. The van der Waals surface area contributed by atoms with Crippen LogP contribution >= 0.6 is 39.9 Å². The van der Waals surface area contributed by atoms with Gasteiger partial charge in [0.05, 0.1) is 13.0 Å². The third-order valence-electron chi connectivity index (χ3n) is 4.00. The summed E-state index contributed by atoms with van der Waals surface area (Å²) in [5, 5.41) is 3.22. The van der Waals surface area contributed by atoms with E-state index in [2.05, 4.69) is 26.2 Å². The molecule has 24 heavy (non-hydrogen) atoms. The number of carbonyl (C=O) groups is 1. The molecule has 1 N–H and O–H groups in total. The molecular weight excluding hydrogens is 492 g/mol. The molecule has 1 heterocycles. The van der Waals surface area contributed by atoms with E-state index in [1.54, 1.807) is 7.05 Å². The summed E-state index contributed by atoms with van der Waals surface area (Å²) in [4.78, 5) is 18.1. The van der Waals surface area contributed by atoms with Gasteiger partial charge in [0.25, 0.3) is 0 Å². The quantitative estimate of drug-likeness (QED) is 0.292. The Morgan fingerprint density at radius 3 is 2.75 bits per heavy atom. The average Bonchev–Trinajstić information content (AvgIpc) is 2.88. The second-order valence-corrected chi connectivity index (χ2v) is 6.61. The zero-order chi connectivity index (χ0) is 17.0. The van der Waals surface area contributed by atoms with Gasteiger partial charge in [-0.3, -0.25) is 9.79 Å². The highest BCUT2D eigenvalue weighted by Gasteiger charge is 2.36. The van der Waals surface area contributed by atoms with Gasteiger partial charge in [0.1, 0.15) is 5.82 Å².